The lowest BCUT2D eigenvalue weighted by Crippen LogP contribution is -2.28. The first-order valence-corrected chi connectivity index (χ1v) is 26.2. The Morgan fingerprint density at radius 2 is 0.827 bits per heavy atom. The molecule has 0 unspecified atom stereocenters. The minimum absolute atomic E-state index is 0.461. The van der Waals surface area contributed by atoms with E-state index < -0.39 is 5.41 Å². The van der Waals surface area contributed by atoms with E-state index in [1.807, 2.05) is 18.2 Å². The largest absolute Gasteiger partial charge is 0.456 e. The van der Waals surface area contributed by atoms with E-state index in [1.54, 1.807) is 11.3 Å². The molecule has 0 aliphatic heterocycles. The summed E-state index contributed by atoms with van der Waals surface area (Å²) >= 11 is 1.79. The Hall–Kier alpha value is -9.55. The summed E-state index contributed by atoms with van der Waals surface area (Å²) in [5, 5.41) is 4.30. The van der Waals surface area contributed by atoms with Crippen LogP contribution in [0.3, 0.4) is 0 Å². The molecule has 1 aliphatic carbocycles. The highest BCUT2D eigenvalue weighted by atomic mass is 32.1. The van der Waals surface area contributed by atoms with Crippen LogP contribution in [0.25, 0.3) is 121 Å². The van der Waals surface area contributed by atoms with Crippen molar-refractivity contribution in [1.82, 2.24) is 15.0 Å². The van der Waals surface area contributed by atoms with Gasteiger partial charge < -0.3 is 4.42 Å². The van der Waals surface area contributed by atoms with Crippen LogP contribution in [0.15, 0.2) is 265 Å². The fourth-order valence-electron chi connectivity index (χ4n) is 11.9. The van der Waals surface area contributed by atoms with Gasteiger partial charge in [-0.15, -0.1) is 11.3 Å². The summed E-state index contributed by atoms with van der Waals surface area (Å²) in [5.74, 6) is 1.81. The lowest BCUT2D eigenvalue weighted by Gasteiger charge is -2.34. The van der Waals surface area contributed by atoms with Gasteiger partial charge in [-0.25, -0.2) is 15.0 Å². The van der Waals surface area contributed by atoms with Gasteiger partial charge in [0.15, 0.2) is 17.5 Å². The van der Waals surface area contributed by atoms with Crippen LogP contribution in [0.2, 0.25) is 0 Å². The number of furan rings is 1. The van der Waals surface area contributed by atoms with E-state index >= 15 is 0 Å². The average Bonchev–Trinajstić information content (AvgIpc) is 4.17. The molecule has 0 atom stereocenters. The molecule has 3 aromatic heterocycles. The van der Waals surface area contributed by atoms with Crippen LogP contribution in [0.4, 0.5) is 0 Å². The van der Waals surface area contributed by atoms with E-state index in [4.69, 9.17) is 19.4 Å². The topological polar surface area (TPSA) is 51.8 Å². The van der Waals surface area contributed by atoms with Crippen molar-refractivity contribution in [1.29, 1.82) is 0 Å². The number of thiophene rings is 1. The third-order valence-electron chi connectivity index (χ3n) is 15.3. The van der Waals surface area contributed by atoms with E-state index in [1.165, 1.54) is 59.3 Å². The molecular weight excluding hydrogens is 931 g/mol. The van der Waals surface area contributed by atoms with E-state index in [0.717, 1.165) is 66.3 Å². The van der Waals surface area contributed by atoms with Gasteiger partial charge in [0.2, 0.25) is 0 Å². The van der Waals surface area contributed by atoms with Gasteiger partial charge in [-0.2, -0.15) is 0 Å². The zero-order valence-corrected chi connectivity index (χ0v) is 41.3. The zero-order valence-electron chi connectivity index (χ0n) is 40.5. The van der Waals surface area contributed by atoms with Gasteiger partial charge in [-0.3, -0.25) is 0 Å². The average molecular weight is 974 g/mol. The Labute approximate surface area is 437 Å². The van der Waals surface area contributed by atoms with Gasteiger partial charge in [0.05, 0.1) is 5.41 Å². The first-order chi connectivity index (χ1) is 37.2. The third kappa shape index (κ3) is 6.86. The maximum atomic E-state index is 6.65. The van der Waals surface area contributed by atoms with Gasteiger partial charge in [0.1, 0.15) is 11.2 Å². The van der Waals surface area contributed by atoms with Crippen molar-refractivity contribution in [2.75, 3.05) is 0 Å². The number of nitrogens with zero attached hydrogens (tertiary/aromatic N) is 3. The molecule has 4 nitrogen and oxygen atoms in total. The van der Waals surface area contributed by atoms with Gasteiger partial charge >= 0.3 is 0 Å². The maximum Gasteiger partial charge on any atom is 0.164 e. The second-order valence-electron chi connectivity index (χ2n) is 19.4. The minimum atomic E-state index is -0.461. The van der Waals surface area contributed by atoms with E-state index in [0.29, 0.717) is 17.5 Å². The van der Waals surface area contributed by atoms with Gasteiger partial charge in [0.25, 0.3) is 0 Å². The van der Waals surface area contributed by atoms with E-state index in [2.05, 4.69) is 243 Å². The molecule has 14 aromatic rings. The van der Waals surface area contributed by atoms with Crippen molar-refractivity contribution < 1.29 is 4.42 Å². The molecule has 3 heterocycles. The second kappa shape index (κ2) is 17.3. The van der Waals surface area contributed by atoms with Crippen molar-refractivity contribution in [2.24, 2.45) is 0 Å². The highest BCUT2D eigenvalue weighted by Crippen LogP contribution is 2.58. The normalized spacial score (nSPS) is 12.6. The van der Waals surface area contributed by atoms with E-state index in [9.17, 15) is 0 Å². The van der Waals surface area contributed by atoms with Crippen molar-refractivity contribution >= 4 is 53.4 Å². The van der Waals surface area contributed by atoms with Gasteiger partial charge in [-0.1, -0.05) is 224 Å². The molecule has 5 heteroatoms. The summed E-state index contributed by atoms with van der Waals surface area (Å²) in [6.07, 6.45) is 0. The van der Waals surface area contributed by atoms with Crippen molar-refractivity contribution in [3.05, 3.63) is 283 Å². The zero-order chi connectivity index (χ0) is 49.5. The van der Waals surface area contributed by atoms with Gasteiger partial charge in [0, 0.05) is 47.6 Å². The predicted molar refractivity (Wildman–Crippen MR) is 310 cm³/mol. The smallest absolute Gasteiger partial charge is 0.164 e. The fourth-order valence-corrected chi connectivity index (χ4v) is 13.1. The molecule has 350 valence electrons. The first kappa shape index (κ1) is 43.1. The summed E-state index contributed by atoms with van der Waals surface area (Å²) in [4.78, 5) is 16.0. The van der Waals surface area contributed by atoms with Crippen molar-refractivity contribution in [2.45, 2.75) is 5.41 Å². The molecule has 75 heavy (non-hydrogen) atoms. The highest BCUT2D eigenvalue weighted by molar-refractivity contribution is 7.25. The van der Waals surface area contributed by atoms with Crippen LogP contribution in [0.1, 0.15) is 22.3 Å². The Kier molecular flexibility index (Phi) is 9.94. The molecule has 1 aliphatic rings. The summed E-state index contributed by atoms with van der Waals surface area (Å²) < 4.78 is 9.08. The molecule has 0 saturated heterocycles. The Bertz CT molecular complexity index is 4480. The molecule has 0 N–H and O–H groups in total. The first-order valence-electron chi connectivity index (χ1n) is 25.4. The standard InChI is InChI=1S/C70H43N3OS/c1-4-18-44(19-5-1)47-20-14-21-49(42-47)67-71-68(73-69(72-67)56-30-17-35-63-66(56)54-27-11-13-34-62(54)75-63)55-29-16-33-61-65(55)57-43-48(40-41-60(57)74-61)45-36-38-46(39-37-45)52-28-15-32-59-64(52)53-26-10-12-31-58(53)70(59,50-22-6-2-7-23-50)51-24-8-3-9-25-51/h1-43H. The number of rotatable bonds is 8. The fraction of sp³-hybridized carbons (Fsp3) is 0.0143. The molecule has 0 spiro atoms. The van der Waals surface area contributed by atoms with Crippen LogP contribution in [0.5, 0.6) is 0 Å². The minimum Gasteiger partial charge on any atom is -0.456 e. The molecule has 15 rings (SSSR count). The molecule has 0 saturated carbocycles. The van der Waals surface area contributed by atoms with Crippen LogP contribution < -0.4 is 0 Å². The summed E-state index contributed by atoms with van der Waals surface area (Å²) in [7, 11) is 0. The number of hydrogen-bond acceptors (Lipinski definition) is 5. The monoisotopic (exact) mass is 973 g/mol. The summed E-state index contributed by atoms with van der Waals surface area (Å²) in [6, 6.07) is 93.5. The summed E-state index contributed by atoms with van der Waals surface area (Å²) in [5.41, 5.74) is 18.4. The quantitative estimate of drug-likeness (QED) is 0.152. The SMILES string of the molecule is c1ccc(-c2cccc(-c3nc(-c4cccc5oc6ccc(-c7ccc(-c8cccc9c8-c8ccccc8C9(c8ccccc8)c8ccccc8)cc7)cc6c45)nc(-c4cccc5sc6ccccc6c45)n3)c2)cc1. The molecule has 0 bridgehead atoms. The second-order valence-corrected chi connectivity index (χ2v) is 20.4. The third-order valence-corrected chi connectivity index (χ3v) is 16.4. The summed E-state index contributed by atoms with van der Waals surface area (Å²) in [6.45, 7) is 0. The molecular formula is C70H43N3OS. The van der Waals surface area contributed by atoms with Crippen molar-refractivity contribution in [3.8, 4) is 78.7 Å². The van der Waals surface area contributed by atoms with E-state index in [-0.39, 0.29) is 0 Å². The van der Waals surface area contributed by atoms with Crippen LogP contribution in [0, 0.1) is 0 Å². The predicted octanol–water partition coefficient (Wildman–Crippen LogP) is 18.5. The van der Waals surface area contributed by atoms with Crippen LogP contribution >= 0.6 is 11.3 Å². The van der Waals surface area contributed by atoms with Crippen molar-refractivity contribution in [3.63, 3.8) is 0 Å². The Balaban J connectivity index is 0.864. The molecule has 0 amide bonds. The molecule has 0 fully saturated rings. The number of fused-ring (bicyclic) bond motifs is 9. The molecule has 0 radical (unpaired) electrons. The lowest BCUT2D eigenvalue weighted by molar-refractivity contribution is 0.669. The maximum absolute atomic E-state index is 6.65. The molecule has 11 aromatic carbocycles. The number of aromatic nitrogens is 3. The Morgan fingerprint density at radius 3 is 1.61 bits per heavy atom. The number of hydrogen-bond donors (Lipinski definition) is 0. The Morgan fingerprint density at radius 1 is 0.307 bits per heavy atom. The van der Waals surface area contributed by atoms with Crippen LogP contribution in [-0.2, 0) is 5.41 Å². The highest BCUT2D eigenvalue weighted by Gasteiger charge is 2.46. The lowest BCUT2D eigenvalue weighted by atomic mass is 9.67. The van der Waals surface area contributed by atoms with Crippen LogP contribution in [-0.4, -0.2) is 15.0 Å². The number of benzene rings is 11. The van der Waals surface area contributed by atoms with Gasteiger partial charge in [-0.05, 0) is 103 Å².